The van der Waals surface area contributed by atoms with Crippen molar-refractivity contribution in [2.45, 2.75) is 45.7 Å². The molecule has 0 aliphatic carbocycles. The fourth-order valence-corrected chi connectivity index (χ4v) is 1.06. The quantitative estimate of drug-likeness (QED) is 0.537. The molecule has 0 aliphatic heterocycles. The van der Waals surface area contributed by atoms with Gasteiger partial charge in [-0.15, -0.1) is 0 Å². The fourth-order valence-electron chi connectivity index (χ4n) is 1.06. The number of aliphatic carboxylic acids is 1. The molecule has 2 atom stereocenters. The summed E-state index contributed by atoms with van der Waals surface area (Å²) in [5.41, 5.74) is 0. The van der Waals surface area contributed by atoms with E-state index < -0.39 is 18.1 Å². The molecule has 0 radical (unpaired) electrons. The lowest BCUT2D eigenvalue weighted by Gasteiger charge is -2.16. The Morgan fingerprint density at radius 3 is 2.33 bits per heavy atom. The van der Waals surface area contributed by atoms with Crippen LogP contribution in [0, 0.1) is 0 Å². The largest absolute Gasteiger partial charge is 0.480 e. The number of nitrogens with one attached hydrogen (secondary N) is 2. The van der Waals surface area contributed by atoms with Crippen molar-refractivity contribution in [3.05, 3.63) is 0 Å². The van der Waals surface area contributed by atoms with Gasteiger partial charge in [-0.05, 0) is 20.3 Å². The maximum absolute atomic E-state index is 11.4. The van der Waals surface area contributed by atoms with Crippen LogP contribution in [0.4, 0.5) is 0 Å². The molecule has 1 amide bonds. The summed E-state index contributed by atoms with van der Waals surface area (Å²) in [6.07, 6.45) is 1.96. The van der Waals surface area contributed by atoms with Crippen LogP contribution < -0.4 is 10.6 Å². The van der Waals surface area contributed by atoms with E-state index in [0.717, 1.165) is 12.8 Å². The smallest absolute Gasteiger partial charge is 0.320 e. The number of carboxylic acids is 1. The molecule has 5 nitrogen and oxygen atoms in total. The number of carbonyl (C=O) groups is 2. The summed E-state index contributed by atoms with van der Waals surface area (Å²) < 4.78 is 0. The lowest BCUT2D eigenvalue weighted by Crippen LogP contribution is -2.48. The molecule has 0 aromatic carbocycles. The molecule has 0 spiro atoms. The van der Waals surface area contributed by atoms with Crippen molar-refractivity contribution in [1.29, 1.82) is 0 Å². The molecular formula is C10H20N2O3. The molecule has 5 heteroatoms. The summed E-state index contributed by atoms with van der Waals surface area (Å²) in [6, 6.07) is -1.19. The Morgan fingerprint density at radius 2 is 1.87 bits per heavy atom. The van der Waals surface area contributed by atoms with Gasteiger partial charge in [0.15, 0.2) is 0 Å². The first-order chi connectivity index (χ1) is 6.99. The van der Waals surface area contributed by atoms with E-state index in [9.17, 15) is 9.59 Å². The molecule has 88 valence electrons. The lowest BCUT2D eigenvalue weighted by atomic mass is 10.2. The number of rotatable bonds is 7. The van der Waals surface area contributed by atoms with Crippen LogP contribution in [0.15, 0.2) is 0 Å². The summed E-state index contributed by atoms with van der Waals surface area (Å²) in [5.74, 6) is -1.11. The van der Waals surface area contributed by atoms with Gasteiger partial charge in [-0.2, -0.15) is 0 Å². The normalized spacial score (nSPS) is 14.3. The number of hydrogen-bond acceptors (Lipinski definition) is 3. The molecule has 15 heavy (non-hydrogen) atoms. The zero-order chi connectivity index (χ0) is 11.8. The summed E-state index contributed by atoms with van der Waals surface area (Å²) >= 11 is 0. The summed E-state index contributed by atoms with van der Waals surface area (Å²) in [7, 11) is 0. The molecular weight excluding hydrogens is 196 g/mol. The molecule has 3 N–H and O–H groups in total. The maximum Gasteiger partial charge on any atom is 0.320 e. The third kappa shape index (κ3) is 6.06. The van der Waals surface area contributed by atoms with Crippen LogP contribution in [0.25, 0.3) is 0 Å². The van der Waals surface area contributed by atoms with Gasteiger partial charge in [-0.3, -0.25) is 14.9 Å². The van der Waals surface area contributed by atoms with E-state index in [2.05, 4.69) is 10.6 Å². The van der Waals surface area contributed by atoms with Crippen LogP contribution in [0.2, 0.25) is 0 Å². The Hall–Kier alpha value is -1.10. The van der Waals surface area contributed by atoms with Crippen LogP contribution in [0.3, 0.4) is 0 Å². The van der Waals surface area contributed by atoms with Crippen LogP contribution >= 0.6 is 0 Å². The van der Waals surface area contributed by atoms with Crippen molar-refractivity contribution in [3.8, 4) is 0 Å². The van der Waals surface area contributed by atoms with Crippen LogP contribution in [-0.2, 0) is 9.59 Å². The summed E-state index contributed by atoms with van der Waals surface area (Å²) in [4.78, 5) is 21.9. The number of carboxylic acid groups (broad SMARTS) is 1. The first kappa shape index (κ1) is 13.9. The second-order valence-corrected chi connectivity index (χ2v) is 3.59. The Bertz CT molecular complexity index is 219. The van der Waals surface area contributed by atoms with Gasteiger partial charge in [0.1, 0.15) is 6.04 Å². The molecule has 0 saturated heterocycles. The standard InChI is InChI=1S/C10H20N2O3/c1-4-5-6-11-9(13)7(2)12-8(3)10(14)15/h7-8,12H,4-6H2,1-3H3,(H,11,13)(H,14,15). The minimum atomic E-state index is -0.955. The minimum absolute atomic E-state index is 0.156. The highest BCUT2D eigenvalue weighted by Gasteiger charge is 2.18. The van der Waals surface area contributed by atoms with Gasteiger partial charge in [-0.25, -0.2) is 0 Å². The fraction of sp³-hybridized carbons (Fsp3) is 0.800. The SMILES string of the molecule is CCCCNC(=O)C(C)NC(C)C(=O)O. The van der Waals surface area contributed by atoms with Crippen LogP contribution in [0.1, 0.15) is 33.6 Å². The molecule has 0 saturated carbocycles. The maximum atomic E-state index is 11.4. The van der Waals surface area contributed by atoms with E-state index >= 15 is 0 Å². The van der Waals surface area contributed by atoms with E-state index in [1.807, 2.05) is 6.92 Å². The van der Waals surface area contributed by atoms with Gasteiger partial charge in [0, 0.05) is 6.54 Å². The van der Waals surface area contributed by atoms with Crippen molar-refractivity contribution in [3.63, 3.8) is 0 Å². The molecule has 0 bridgehead atoms. The van der Waals surface area contributed by atoms with Crippen molar-refractivity contribution in [2.75, 3.05) is 6.54 Å². The second-order valence-electron chi connectivity index (χ2n) is 3.59. The third-order valence-electron chi connectivity index (χ3n) is 2.09. The van der Waals surface area contributed by atoms with Gasteiger partial charge in [0.25, 0.3) is 0 Å². The molecule has 0 fully saturated rings. The Morgan fingerprint density at radius 1 is 1.27 bits per heavy atom. The van der Waals surface area contributed by atoms with Crippen molar-refractivity contribution in [2.24, 2.45) is 0 Å². The molecule has 0 aromatic rings. The van der Waals surface area contributed by atoms with Gasteiger partial charge >= 0.3 is 5.97 Å². The van der Waals surface area contributed by atoms with E-state index in [4.69, 9.17) is 5.11 Å². The lowest BCUT2D eigenvalue weighted by molar-refractivity contribution is -0.139. The monoisotopic (exact) mass is 216 g/mol. The number of hydrogen-bond donors (Lipinski definition) is 3. The molecule has 2 unspecified atom stereocenters. The van der Waals surface area contributed by atoms with Gasteiger partial charge in [0.2, 0.25) is 5.91 Å². The Labute approximate surface area is 90.2 Å². The van der Waals surface area contributed by atoms with E-state index in [-0.39, 0.29) is 5.91 Å². The average Bonchev–Trinajstić information content (AvgIpc) is 2.17. The average molecular weight is 216 g/mol. The topological polar surface area (TPSA) is 78.4 Å². The highest BCUT2D eigenvalue weighted by molar-refractivity contribution is 5.82. The third-order valence-corrected chi connectivity index (χ3v) is 2.09. The predicted molar refractivity (Wildman–Crippen MR) is 57.6 cm³/mol. The molecule has 0 aliphatic rings. The predicted octanol–water partition coefficient (Wildman–Crippen LogP) is 0.354. The van der Waals surface area contributed by atoms with Crippen molar-refractivity contribution >= 4 is 11.9 Å². The van der Waals surface area contributed by atoms with Crippen LogP contribution in [-0.4, -0.2) is 35.6 Å². The number of unbranched alkanes of at least 4 members (excludes halogenated alkanes) is 1. The second kappa shape index (κ2) is 7.23. The molecule has 0 rings (SSSR count). The molecule has 0 heterocycles. The Kier molecular flexibility index (Phi) is 6.70. The van der Waals surface area contributed by atoms with Gasteiger partial charge in [-0.1, -0.05) is 13.3 Å². The first-order valence-electron chi connectivity index (χ1n) is 5.25. The van der Waals surface area contributed by atoms with Crippen molar-refractivity contribution in [1.82, 2.24) is 10.6 Å². The minimum Gasteiger partial charge on any atom is -0.480 e. The van der Waals surface area contributed by atoms with Crippen molar-refractivity contribution < 1.29 is 14.7 Å². The van der Waals surface area contributed by atoms with Gasteiger partial charge in [0.05, 0.1) is 6.04 Å². The van der Waals surface area contributed by atoms with E-state index in [0.29, 0.717) is 6.54 Å². The first-order valence-corrected chi connectivity index (χ1v) is 5.25. The number of amides is 1. The van der Waals surface area contributed by atoms with E-state index in [1.54, 1.807) is 6.92 Å². The molecule has 0 aromatic heterocycles. The Balaban J connectivity index is 3.83. The summed E-state index contributed by atoms with van der Waals surface area (Å²) in [5, 5.41) is 14.1. The highest BCUT2D eigenvalue weighted by Crippen LogP contribution is 1.89. The van der Waals surface area contributed by atoms with Crippen LogP contribution in [0.5, 0.6) is 0 Å². The van der Waals surface area contributed by atoms with E-state index in [1.165, 1.54) is 6.92 Å². The summed E-state index contributed by atoms with van der Waals surface area (Å²) in [6.45, 7) is 5.85. The number of carbonyl (C=O) groups excluding carboxylic acids is 1. The zero-order valence-electron chi connectivity index (χ0n) is 9.54. The zero-order valence-corrected chi connectivity index (χ0v) is 9.54. The highest BCUT2D eigenvalue weighted by atomic mass is 16.4. The van der Waals surface area contributed by atoms with Gasteiger partial charge < -0.3 is 10.4 Å².